The standard InChI is InChI=1S/C22H32N4O/c1-22(2,3)21(27)24-14-19-10-7-12-25(15-19)17-20-23-11-13-26(20)16-18-8-5-4-6-9-18/h4-6,8-9,11,13,19H,7,10,12,14-17H2,1-3H3,(H,24,27). The third-order valence-corrected chi connectivity index (χ3v) is 5.20. The smallest absolute Gasteiger partial charge is 0.225 e. The Hall–Kier alpha value is -2.14. The van der Waals surface area contributed by atoms with Gasteiger partial charge in [0, 0.05) is 37.4 Å². The van der Waals surface area contributed by atoms with E-state index >= 15 is 0 Å². The van der Waals surface area contributed by atoms with Crippen LogP contribution in [0.3, 0.4) is 0 Å². The van der Waals surface area contributed by atoms with E-state index in [-0.39, 0.29) is 11.3 Å². The SMILES string of the molecule is CC(C)(C)C(=O)NCC1CCCN(Cc2nccn2Cc2ccccc2)C1. The fourth-order valence-electron chi connectivity index (χ4n) is 3.58. The molecule has 0 radical (unpaired) electrons. The molecular weight excluding hydrogens is 336 g/mol. The fraction of sp³-hybridized carbons (Fsp3) is 0.545. The first-order chi connectivity index (χ1) is 12.9. The second kappa shape index (κ2) is 8.70. The van der Waals surface area contributed by atoms with Crippen molar-refractivity contribution < 1.29 is 4.79 Å². The van der Waals surface area contributed by atoms with Crippen molar-refractivity contribution in [3.8, 4) is 0 Å². The van der Waals surface area contributed by atoms with Crippen molar-refractivity contribution >= 4 is 5.91 Å². The molecule has 1 fully saturated rings. The molecule has 2 aromatic rings. The Labute approximate surface area is 162 Å². The van der Waals surface area contributed by atoms with Crippen LogP contribution in [0.25, 0.3) is 0 Å². The van der Waals surface area contributed by atoms with E-state index in [0.717, 1.165) is 38.5 Å². The van der Waals surface area contributed by atoms with Gasteiger partial charge in [-0.3, -0.25) is 9.69 Å². The molecule has 1 saturated heterocycles. The Bertz CT molecular complexity index is 732. The molecule has 1 unspecified atom stereocenters. The summed E-state index contributed by atoms with van der Waals surface area (Å²) in [5.41, 5.74) is 0.967. The number of hydrogen-bond acceptors (Lipinski definition) is 3. The van der Waals surface area contributed by atoms with E-state index in [0.29, 0.717) is 5.92 Å². The normalized spacial score (nSPS) is 18.4. The molecule has 1 aliphatic rings. The summed E-state index contributed by atoms with van der Waals surface area (Å²) in [7, 11) is 0. The Morgan fingerprint density at radius 3 is 2.74 bits per heavy atom. The highest BCUT2D eigenvalue weighted by molar-refractivity contribution is 5.81. The molecule has 2 heterocycles. The molecule has 1 N–H and O–H groups in total. The number of imidazole rings is 1. The van der Waals surface area contributed by atoms with Gasteiger partial charge in [-0.1, -0.05) is 51.1 Å². The second-order valence-electron chi connectivity index (χ2n) is 8.66. The largest absolute Gasteiger partial charge is 0.355 e. The minimum absolute atomic E-state index is 0.137. The van der Waals surface area contributed by atoms with Gasteiger partial charge in [0.05, 0.1) is 6.54 Å². The van der Waals surface area contributed by atoms with Crippen LogP contribution in [0.2, 0.25) is 0 Å². The van der Waals surface area contributed by atoms with Crippen LogP contribution in [0.4, 0.5) is 0 Å². The van der Waals surface area contributed by atoms with Crippen molar-refractivity contribution in [2.24, 2.45) is 11.3 Å². The van der Waals surface area contributed by atoms with Crippen LogP contribution in [-0.2, 0) is 17.9 Å². The lowest BCUT2D eigenvalue weighted by atomic mass is 9.94. The van der Waals surface area contributed by atoms with E-state index in [2.05, 4.69) is 50.2 Å². The molecule has 146 valence electrons. The number of benzene rings is 1. The van der Waals surface area contributed by atoms with Crippen molar-refractivity contribution in [1.29, 1.82) is 0 Å². The van der Waals surface area contributed by atoms with E-state index in [1.165, 1.54) is 18.4 Å². The maximum absolute atomic E-state index is 12.1. The lowest BCUT2D eigenvalue weighted by molar-refractivity contribution is -0.128. The van der Waals surface area contributed by atoms with Crippen LogP contribution in [0, 0.1) is 11.3 Å². The van der Waals surface area contributed by atoms with Gasteiger partial charge in [-0.2, -0.15) is 0 Å². The van der Waals surface area contributed by atoms with Gasteiger partial charge in [-0.25, -0.2) is 4.98 Å². The van der Waals surface area contributed by atoms with Gasteiger partial charge >= 0.3 is 0 Å². The quantitative estimate of drug-likeness (QED) is 0.851. The Morgan fingerprint density at radius 2 is 2.00 bits per heavy atom. The molecule has 0 saturated carbocycles. The van der Waals surface area contributed by atoms with Gasteiger partial charge in [0.1, 0.15) is 5.82 Å². The van der Waals surface area contributed by atoms with Crippen LogP contribution < -0.4 is 5.32 Å². The summed E-state index contributed by atoms with van der Waals surface area (Å²) >= 11 is 0. The number of likely N-dealkylation sites (tertiary alicyclic amines) is 1. The lowest BCUT2D eigenvalue weighted by Crippen LogP contribution is -2.43. The molecule has 3 rings (SSSR count). The van der Waals surface area contributed by atoms with Gasteiger partial charge < -0.3 is 9.88 Å². The molecule has 1 aromatic heterocycles. The number of aromatic nitrogens is 2. The molecule has 0 bridgehead atoms. The zero-order valence-electron chi connectivity index (χ0n) is 16.8. The highest BCUT2D eigenvalue weighted by Gasteiger charge is 2.25. The number of carbonyl (C=O) groups is 1. The topological polar surface area (TPSA) is 50.2 Å². The summed E-state index contributed by atoms with van der Waals surface area (Å²) in [6.45, 7) is 10.5. The third kappa shape index (κ3) is 5.67. The highest BCUT2D eigenvalue weighted by Crippen LogP contribution is 2.19. The van der Waals surface area contributed by atoms with Crippen LogP contribution in [0.15, 0.2) is 42.7 Å². The molecule has 1 aromatic carbocycles. The molecule has 1 aliphatic heterocycles. The monoisotopic (exact) mass is 368 g/mol. The summed E-state index contributed by atoms with van der Waals surface area (Å²) < 4.78 is 2.24. The number of rotatable bonds is 6. The molecule has 27 heavy (non-hydrogen) atoms. The maximum atomic E-state index is 12.1. The van der Waals surface area contributed by atoms with Gasteiger partial charge in [-0.15, -0.1) is 0 Å². The number of nitrogens with zero attached hydrogens (tertiary/aromatic N) is 3. The Balaban J connectivity index is 1.54. The predicted molar refractivity (Wildman–Crippen MR) is 108 cm³/mol. The molecule has 1 atom stereocenters. The number of hydrogen-bond donors (Lipinski definition) is 1. The van der Waals surface area contributed by atoms with Crippen LogP contribution in [0.1, 0.15) is 45.0 Å². The van der Waals surface area contributed by atoms with Crippen molar-refractivity contribution in [2.45, 2.75) is 46.7 Å². The summed E-state index contributed by atoms with van der Waals surface area (Å²) in [6.07, 6.45) is 6.31. The average Bonchev–Trinajstić information content (AvgIpc) is 3.06. The summed E-state index contributed by atoms with van der Waals surface area (Å²) in [4.78, 5) is 19.2. The van der Waals surface area contributed by atoms with Gasteiger partial charge in [0.2, 0.25) is 5.91 Å². The zero-order chi connectivity index (χ0) is 19.3. The van der Waals surface area contributed by atoms with Crippen LogP contribution >= 0.6 is 0 Å². The molecule has 1 amide bonds. The summed E-state index contributed by atoms with van der Waals surface area (Å²) in [6, 6.07) is 10.5. The van der Waals surface area contributed by atoms with Crippen molar-refractivity contribution in [3.05, 3.63) is 54.1 Å². The molecule has 0 aliphatic carbocycles. The van der Waals surface area contributed by atoms with E-state index < -0.39 is 0 Å². The van der Waals surface area contributed by atoms with Crippen molar-refractivity contribution in [2.75, 3.05) is 19.6 Å². The third-order valence-electron chi connectivity index (χ3n) is 5.20. The van der Waals surface area contributed by atoms with Gasteiger partial charge in [0.25, 0.3) is 0 Å². The van der Waals surface area contributed by atoms with Gasteiger partial charge in [0.15, 0.2) is 0 Å². The van der Waals surface area contributed by atoms with Gasteiger partial charge in [-0.05, 0) is 30.9 Å². The lowest BCUT2D eigenvalue weighted by Gasteiger charge is -2.33. The molecule has 5 heteroatoms. The second-order valence-corrected chi connectivity index (χ2v) is 8.66. The molecule has 0 spiro atoms. The Morgan fingerprint density at radius 1 is 1.22 bits per heavy atom. The first-order valence-corrected chi connectivity index (χ1v) is 9.96. The average molecular weight is 369 g/mol. The predicted octanol–water partition coefficient (Wildman–Crippen LogP) is 3.31. The van der Waals surface area contributed by atoms with E-state index in [1.807, 2.05) is 33.0 Å². The van der Waals surface area contributed by atoms with Crippen molar-refractivity contribution in [3.63, 3.8) is 0 Å². The van der Waals surface area contributed by atoms with Crippen LogP contribution in [-0.4, -0.2) is 40.0 Å². The molecule has 5 nitrogen and oxygen atoms in total. The maximum Gasteiger partial charge on any atom is 0.225 e. The van der Waals surface area contributed by atoms with E-state index in [1.54, 1.807) is 0 Å². The van der Waals surface area contributed by atoms with Crippen molar-refractivity contribution in [1.82, 2.24) is 19.8 Å². The summed E-state index contributed by atoms with van der Waals surface area (Å²) in [5.74, 6) is 1.76. The Kier molecular flexibility index (Phi) is 6.32. The fourth-order valence-corrected chi connectivity index (χ4v) is 3.58. The first kappa shape index (κ1) is 19.6. The zero-order valence-corrected chi connectivity index (χ0v) is 16.8. The minimum Gasteiger partial charge on any atom is -0.355 e. The summed E-state index contributed by atoms with van der Waals surface area (Å²) in [5, 5.41) is 3.13. The number of amides is 1. The highest BCUT2D eigenvalue weighted by atomic mass is 16.2. The number of nitrogens with one attached hydrogen (secondary N) is 1. The van der Waals surface area contributed by atoms with E-state index in [9.17, 15) is 4.79 Å². The van der Waals surface area contributed by atoms with Crippen LogP contribution in [0.5, 0.6) is 0 Å². The number of carbonyl (C=O) groups excluding carboxylic acids is 1. The number of piperidine rings is 1. The first-order valence-electron chi connectivity index (χ1n) is 9.96. The van der Waals surface area contributed by atoms with E-state index in [4.69, 9.17) is 0 Å². The minimum atomic E-state index is -0.323. The molecular formula is C22H32N4O.